The van der Waals surface area contributed by atoms with Crippen LogP contribution in [-0.2, 0) is 4.79 Å². The molecule has 34 heavy (non-hydrogen) atoms. The van der Waals surface area contributed by atoms with Gasteiger partial charge >= 0.3 is 5.97 Å². The van der Waals surface area contributed by atoms with Crippen molar-refractivity contribution >= 4 is 39.8 Å². The molecule has 6 heteroatoms. The summed E-state index contributed by atoms with van der Waals surface area (Å²) in [5, 5.41) is 17.4. The minimum Gasteiger partial charge on any atom is -0.478 e. The molecule has 0 atom stereocenters. The number of aromatic carboxylic acids is 1. The number of hydrogen-bond donors (Lipinski definition) is 3. The molecule has 1 aliphatic rings. The average molecular weight is 457 g/mol. The molecular weight excluding hydrogens is 428 g/mol. The fraction of sp³-hybridized carbons (Fsp3) is 0.250. The first-order valence-corrected chi connectivity index (χ1v) is 11.6. The lowest BCUT2D eigenvalue weighted by Crippen LogP contribution is -2.36. The Kier molecular flexibility index (Phi) is 7.07. The fourth-order valence-corrected chi connectivity index (χ4v) is 4.37. The number of rotatable bonds is 6. The lowest BCUT2D eigenvalue weighted by atomic mass is 9.95. The van der Waals surface area contributed by atoms with Crippen molar-refractivity contribution in [3.63, 3.8) is 0 Å². The summed E-state index contributed by atoms with van der Waals surface area (Å²) in [6, 6.07) is 18.3. The van der Waals surface area contributed by atoms with Gasteiger partial charge in [0.25, 0.3) is 5.91 Å². The molecule has 4 rings (SSSR count). The summed E-state index contributed by atoms with van der Waals surface area (Å²) < 4.78 is 0. The van der Waals surface area contributed by atoms with Crippen molar-refractivity contribution in [3.8, 4) is 0 Å². The smallest absolute Gasteiger partial charge is 0.337 e. The summed E-state index contributed by atoms with van der Waals surface area (Å²) in [6.45, 7) is 1.83. The summed E-state index contributed by atoms with van der Waals surface area (Å²) >= 11 is 0. The molecule has 3 N–H and O–H groups in total. The lowest BCUT2D eigenvalue weighted by molar-refractivity contribution is -0.111. The van der Waals surface area contributed by atoms with Crippen LogP contribution in [0.3, 0.4) is 0 Å². The van der Waals surface area contributed by atoms with Crippen LogP contribution in [-0.4, -0.2) is 28.9 Å². The van der Waals surface area contributed by atoms with Gasteiger partial charge < -0.3 is 15.7 Å². The third kappa shape index (κ3) is 5.52. The first-order valence-electron chi connectivity index (χ1n) is 11.6. The predicted molar refractivity (Wildman–Crippen MR) is 134 cm³/mol. The van der Waals surface area contributed by atoms with E-state index < -0.39 is 11.9 Å². The van der Waals surface area contributed by atoms with E-state index in [1.807, 2.05) is 49.4 Å². The van der Waals surface area contributed by atoms with Crippen LogP contribution in [0.4, 0.5) is 5.69 Å². The minimum absolute atomic E-state index is 0.0701. The molecule has 6 nitrogen and oxygen atoms in total. The van der Waals surface area contributed by atoms with Gasteiger partial charge in [0.15, 0.2) is 0 Å². The highest BCUT2D eigenvalue weighted by molar-refractivity contribution is 6.08. The van der Waals surface area contributed by atoms with E-state index in [1.165, 1.54) is 30.7 Å². The highest BCUT2D eigenvalue weighted by Crippen LogP contribution is 2.23. The molecular formula is C28H28N2O4. The van der Waals surface area contributed by atoms with Crippen molar-refractivity contribution in [3.05, 3.63) is 83.4 Å². The number of allylic oxidation sites excluding steroid dienone is 1. The first kappa shape index (κ1) is 23.2. The van der Waals surface area contributed by atoms with Crippen LogP contribution in [0, 0.1) is 0 Å². The molecule has 3 aromatic rings. The number of nitrogens with one attached hydrogen (secondary N) is 2. The molecule has 0 aromatic heterocycles. The Balaban J connectivity index is 1.53. The van der Waals surface area contributed by atoms with E-state index in [9.17, 15) is 19.5 Å². The third-order valence-electron chi connectivity index (χ3n) is 6.26. The Morgan fingerprint density at radius 2 is 1.59 bits per heavy atom. The van der Waals surface area contributed by atoms with Gasteiger partial charge in [-0.1, -0.05) is 55.7 Å². The molecule has 0 heterocycles. The average Bonchev–Trinajstić information content (AvgIpc) is 2.84. The normalized spacial score (nSPS) is 14.6. The van der Waals surface area contributed by atoms with Crippen molar-refractivity contribution in [2.45, 2.75) is 45.1 Å². The van der Waals surface area contributed by atoms with Gasteiger partial charge in [-0.05, 0) is 65.9 Å². The van der Waals surface area contributed by atoms with E-state index in [1.54, 1.807) is 0 Å². The van der Waals surface area contributed by atoms with Crippen LogP contribution >= 0.6 is 0 Å². The number of carboxylic acid groups (broad SMARTS) is 1. The van der Waals surface area contributed by atoms with Gasteiger partial charge in [0.1, 0.15) is 0 Å². The fourth-order valence-electron chi connectivity index (χ4n) is 4.37. The van der Waals surface area contributed by atoms with Crippen molar-refractivity contribution in [2.75, 3.05) is 5.32 Å². The predicted octanol–water partition coefficient (Wildman–Crippen LogP) is 5.64. The highest BCUT2D eigenvalue weighted by Gasteiger charge is 2.19. The highest BCUT2D eigenvalue weighted by atomic mass is 16.4. The molecule has 0 bridgehead atoms. The van der Waals surface area contributed by atoms with Gasteiger partial charge in [-0.2, -0.15) is 0 Å². The maximum absolute atomic E-state index is 12.8. The van der Waals surface area contributed by atoms with Gasteiger partial charge in [-0.3, -0.25) is 9.59 Å². The van der Waals surface area contributed by atoms with Crippen LogP contribution in [0.1, 0.15) is 65.3 Å². The molecule has 1 saturated carbocycles. The van der Waals surface area contributed by atoms with Gasteiger partial charge in [0, 0.05) is 17.7 Å². The van der Waals surface area contributed by atoms with Gasteiger partial charge in [0.2, 0.25) is 5.91 Å². The summed E-state index contributed by atoms with van der Waals surface area (Å²) in [5.74, 6) is -1.90. The first-order chi connectivity index (χ1) is 16.4. The van der Waals surface area contributed by atoms with Crippen LogP contribution in [0.5, 0.6) is 0 Å². The van der Waals surface area contributed by atoms with E-state index in [-0.39, 0.29) is 23.2 Å². The number of anilines is 1. The topological polar surface area (TPSA) is 95.5 Å². The zero-order valence-electron chi connectivity index (χ0n) is 19.1. The number of carbonyl (C=O) groups excluding carboxylic acids is 2. The summed E-state index contributed by atoms with van der Waals surface area (Å²) in [7, 11) is 0. The van der Waals surface area contributed by atoms with Gasteiger partial charge in [-0.15, -0.1) is 0 Å². The zero-order valence-corrected chi connectivity index (χ0v) is 19.1. The molecule has 0 radical (unpaired) electrons. The summed E-state index contributed by atoms with van der Waals surface area (Å²) in [5.41, 5.74) is 1.98. The second kappa shape index (κ2) is 10.3. The minimum atomic E-state index is -1.18. The third-order valence-corrected chi connectivity index (χ3v) is 6.26. The Bertz CT molecular complexity index is 1270. The number of carbonyl (C=O) groups is 3. The number of amides is 2. The van der Waals surface area contributed by atoms with Crippen LogP contribution in [0.2, 0.25) is 0 Å². The van der Waals surface area contributed by atoms with E-state index in [0.717, 1.165) is 47.6 Å². The van der Waals surface area contributed by atoms with E-state index in [0.29, 0.717) is 5.56 Å². The van der Waals surface area contributed by atoms with Crippen LogP contribution in [0.15, 0.2) is 66.7 Å². The molecule has 2 amide bonds. The summed E-state index contributed by atoms with van der Waals surface area (Å²) in [6.07, 6.45) is 6.69. The van der Waals surface area contributed by atoms with E-state index in [4.69, 9.17) is 0 Å². The SMILES string of the molecule is CC(=CC(=O)Nc1cc(C(=O)NC2CCCCC2)ccc1C(=O)O)c1ccc2ccccc2c1. The van der Waals surface area contributed by atoms with Crippen LogP contribution in [0.25, 0.3) is 16.3 Å². The Morgan fingerprint density at radius 3 is 2.32 bits per heavy atom. The van der Waals surface area contributed by atoms with Gasteiger partial charge in [-0.25, -0.2) is 4.79 Å². The van der Waals surface area contributed by atoms with Gasteiger partial charge in [0.05, 0.1) is 11.3 Å². The Hall–Kier alpha value is -3.93. The van der Waals surface area contributed by atoms with Crippen LogP contribution < -0.4 is 10.6 Å². The largest absolute Gasteiger partial charge is 0.478 e. The quantitative estimate of drug-likeness (QED) is 0.418. The molecule has 3 aromatic carbocycles. The van der Waals surface area contributed by atoms with Crippen molar-refractivity contribution in [2.24, 2.45) is 0 Å². The second-order valence-electron chi connectivity index (χ2n) is 8.75. The lowest BCUT2D eigenvalue weighted by Gasteiger charge is -2.23. The molecule has 0 unspecified atom stereocenters. The van der Waals surface area contributed by atoms with E-state index in [2.05, 4.69) is 10.6 Å². The molecule has 1 fully saturated rings. The monoisotopic (exact) mass is 456 g/mol. The maximum atomic E-state index is 12.8. The molecule has 0 saturated heterocycles. The Labute approximate surface area is 198 Å². The standard InChI is InChI=1S/C28H28N2O4/c1-18(20-12-11-19-7-5-6-8-21(19)16-20)15-26(31)30-25-17-22(13-14-24(25)28(33)34)27(32)29-23-9-3-2-4-10-23/h5-8,11-17,23H,2-4,9-10H2,1H3,(H,29,32)(H,30,31)(H,33,34). The molecule has 0 aliphatic heterocycles. The zero-order chi connectivity index (χ0) is 24.1. The van der Waals surface area contributed by atoms with E-state index >= 15 is 0 Å². The second-order valence-corrected chi connectivity index (χ2v) is 8.75. The Morgan fingerprint density at radius 1 is 0.882 bits per heavy atom. The molecule has 1 aliphatic carbocycles. The number of benzene rings is 3. The number of fused-ring (bicyclic) bond motifs is 1. The molecule has 0 spiro atoms. The number of carboxylic acids is 1. The number of hydrogen-bond acceptors (Lipinski definition) is 3. The molecule has 174 valence electrons. The van der Waals surface area contributed by atoms with Crippen molar-refractivity contribution in [1.29, 1.82) is 0 Å². The van der Waals surface area contributed by atoms with Crippen molar-refractivity contribution < 1.29 is 19.5 Å². The summed E-state index contributed by atoms with van der Waals surface area (Å²) in [4.78, 5) is 37.2. The van der Waals surface area contributed by atoms with Crippen molar-refractivity contribution in [1.82, 2.24) is 5.32 Å². The maximum Gasteiger partial charge on any atom is 0.337 e.